The zero-order valence-corrected chi connectivity index (χ0v) is 11.7. The second-order valence-electron chi connectivity index (χ2n) is 4.70. The number of rotatable bonds is 2. The van der Waals surface area contributed by atoms with Gasteiger partial charge in [0.1, 0.15) is 0 Å². The zero-order chi connectivity index (χ0) is 14.1. The number of aryl methyl sites for hydroxylation is 1. The molecule has 0 unspecified atom stereocenters. The van der Waals surface area contributed by atoms with Crippen LogP contribution in [0.5, 0.6) is 0 Å². The monoisotopic (exact) mass is 284 g/mol. The molecule has 0 radical (unpaired) electrons. The molecule has 0 aliphatic heterocycles. The first-order chi connectivity index (χ1) is 9.63. The topological polar surface area (TPSA) is 44.9 Å². The second-order valence-corrected chi connectivity index (χ2v) is 5.10. The maximum absolute atomic E-state index is 12.2. The molecule has 4 heteroatoms. The molecule has 1 aromatic heterocycles. The van der Waals surface area contributed by atoms with Crippen molar-refractivity contribution in [1.82, 2.24) is 4.98 Å². The lowest BCUT2D eigenvalue weighted by molar-refractivity contribution is 0.102. The normalized spacial score (nSPS) is 10.7. The van der Waals surface area contributed by atoms with Crippen LogP contribution in [-0.4, -0.2) is 10.9 Å². The number of carbonyl (C=O) groups excluding carboxylic acids is 1. The molecule has 3 aromatic rings. The number of fused-ring (bicyclic) bond motifs is 1. The van der Waals surface area contributed by atoms with E-state index < -0.39 is 0 Å². The molecule has 20 heavy (non-hydrogen) atoms. The average molecular weight is 285 g/mol. The second kappa shape index (κ2) is 5.02. The van der Waals surface area contributed by atoms with Gasteiger partial charge in [0, 0.05) is 28.0 Å². The van der Waals surface area contributed by atoms with Crippen LogP contribution in [0, 0.1) is 6.92 Å². The van der Waals surface area contributed by atoms with Crippen molar-refractivity contribution < 1.29 is 4.79 Å². The van der Waals surface area contributed by atoms with E-state index in [0.29, 0.717) is 16.3 Å². The van der Waals surface area contributed by atoms with Crippen LogP contribution in [0.25, 0.3) is 10.9 Å². The molecule has 0 bridgehead atoms. The van der Waals surface area contributed by atoms with E-state index in [1.165, 1.54) is 0 Å². The van der Waals surface area contributed by atoms with Crippen LogP contribution in [0.3, 0.4) is 0 Å². The summed E-state index contributed by atoms with van der Waals surface area (Å²) in [5.41, 5.74) is 3.23. The van der Waals surface area contributed by atoms with E-state index in [4.69, 9.17) is 11.6 Å². The van der Waals surface area contributed by atoms with Gasteiger partial charge >= 0.3 is 0 Å². The Hall–Kier alpha value is -2.26. The summed E-state index contributed by atoms with van der Waals surface area (Å²) in [6, 6.07) is 13.0. The molecule has 2 aromatic carbocycles. The van der Waals surface area contributed by atoms with Crippen molar-refractivity contribution >= 4 is 34.1 Å². The molecule has 3 rings (SSSR count). The highest BCUT2D eigenvalue weighted by Gasteiger charge is 2.08. The van der Waals surface area contributed by atoms with Crippen molar-refractivity contribution in [2.75, 3.05) is 5.32 Å². The molecule has 0 aliphatic rings. The summed E-state index contributed by atoms with van der Waals surface area (Å²) >= 11 is 6.05. The van der Waals surface area contributed by atoms with Gasteiger partial charge in [-0.2, -0.15) is 0 Å². The number of amides is 1. The Balaban J connectivity index is 1.86. The fraction of sp³-hybridized carbons (Fsp3) is 0.0625. The Morgan fingerprint density at radius 3 is 2.80 bits per heavy atom. The van der Waals surface area contributed by atoms with E-state index >= 15 is 0 Å². The highest BCUT2D eigenvalue weighted by atomic mass is 35.5. The van der Waals surface area contributed by atoms with Crippen LogP contribution in [0.4, 0.5) is 5.69 Å². The van der Waals surface area contributed by atoms with Gasteiger partial charge in [-0.15, -0.1) is 0 Å². The number of H-pyrrole nitrogens is 1. The Morgan fingerprint density at radius 1 is 1.15 bits per heavy atom. The molecule has 0 aliphatic carbocycles. The quantitative estimate of drug-likeness (QED) is 0.720. The molecule has 0 saturated heterocycles. The smallest absolute Gasteiger partial charge is 0.255 e. The highest BCUT2D eigenvalue weighted by Crippen LogP contribution is 2.21. The number of carbonyl (C=O) groups is 1. The van der Waals surface area contributed by atoms with Crippen molar-refractivity contribution in [1.29, 1.82) is 0 Å². The predicted octanol–water partition coefficient (Wildman–Crippen LogP) is 4.38. The molecular weight excluding hydrogens is 272 g/mol. The van der Waals surface area contributed by atoms with E-state index in [1.54, 1.807) is 12.1 Å². The first-order valence-corrected chi connectivity index (χ1v) is 6.66. The van der Waals surface area contributed by atoms with Gasteiger partial charge in [0.15, 0.2) is 0 Å². The summed E-state index contributed by atoms with van der Waals surface area (Å²) < 4.78 is 0. The summed E-state index contributed by atoms with van der Waals surface area (Å²) in [7, 11) is 0. The molecule has 3 nitrogen and oxygen atoms in total. The van der Waals surface area contributed by atoms with Crippen molar-refractivity contribution in [3.63, 3.8) is 0 Å². The number of hydrogen-bond acceptors (Lipinski definition) is 1. The number of benzene rings is 2. The molecule has 1 heterocycles. The average Bonchev–Trinajstić information content (AvgIpc) is 2.90. The van der Waals surface area contributed by atoms with Gasteiger partial charge < -0.3 is 10.3 Å². The number of nitrogens with one attached hydrogen (secondary N) is 2. The largest absolute Gasteiger partial charge is 0.361 e. The first-order valence-electron chi connectivity index (χ1n) is 6.28. The molecule has 0 saturated carbocycles. The molecule has 0 spiro atoms. The number of anilines is 1. The summed E-state index contributed by atoms with van der Waals surface area (Å²) in [5.74, 6) is -0.151. The van der Waals surface area contributed by atoms with E-state index in [2.05, 4.69) is 10.3 Å². The minimum absolute atomic E-state index is 0.151. The minimum Gasteiger partial charge on any atom is -0.361 e. The van der Waals surface area contributed by atoms with Gasteiger partial charge in [-0.05, 0) is 48.2 Å². The van der Waals surface area contributed by atoms with Crippen molar-refractivity contribution in [3.8, 4) is 0 Å². The van der Waals surface area contributed by atoms with Crippen LogP contribution >= 0.6 is 11.6 Å². The molecule has 0 atom stereocenters. The number of halogens is 1. The fourth-order valence-electron chi connectivity index (χ4n) is 2.06. The van der Waals surface area contributed by atoms with Crippen LogP contribution in [0.1, 0.15) is 15.9 Å². The molecule has 2 N–H and O–H groups in total. The summed E-state index contributed by atoms with van der Waals surface area (Å²) in [4.78, 5) is 15.3. The summed E-state index contributed by atoms with van der Waals surface area (Å²) in [6.45, 7) is 1.92. The maximum Gasteiger partial charge on any atom is 0.255 e. The van der Waals surface area contributed by atoms with Crippen LogP contribution in [-0.2, 0) is 0 Å². The van der Waals surface area contributed by atoms with Crippen LogP contribution in [0.15, 0.2) is 48.7 Å². The molecule has 1 amide bonds. The standard InChI is InChI=1S/C16H13ClN2O/c1-10-2-5-13(9-14(10)17)19-16(20)12-4-3-11-6-7-18-15(11)8-12/h2-9,18H,1H3,(H,19,20). The van der Waals surface area contributed by atoms with Gasteiger partial charge in [-0.1, -0.05) is 23.7 Å². The number of aromatic nitrogens is 1. The zero-order valence-electron chi connectivity index (χ0n) is 10.9. The van der Waals surface area contributed by atoms with Crippen molar-refractivity contribution in [2.24, 2.45) is 0 Å². The lowest BCUT2D eigenvalue weighted by Crippen LogP contribution is -2.11. The van der Waals surface area contributed by atoms with E-state index in [9.17, 15) is 4.79 Å². The Kier molecular flexibility index (Phi) is 3.20. The molecule has 0 fully saturated rings. The van der Waals surface area contributed by atoms with Crippen LogP contribution in [0.2, 0.25) is 5.02 Å². The lowest BCUT2D eigenvalue weighted by atomic mass is 10.1. The lowest BCUT2D eigenvalue weighted by Gasteiger charge is -2.07. The summed E-state index contributed by atoms with van der Waals surface area (Å²) in [6.07, 6.45) is 1.85. The van der Waals surface area contributed by atoms with Gasteiger partial charge in [-0.3, -0.25) is 4.79 Å². The first kappa shape index (κ1) is 12.8. The van der Waals surface area contributed by atoms with Crippen molar-refractivity contribution in [2.45, 2.75) is 6.92 Å². The van der Waals surface area contributed by atoms with Gasteiger partial charge in [0.2, 0.25) is 0 Å². The third-order valence-corrected chi connectivity index (χ3v) is 3.65. The third kappa shape index (κ3) is 2.40. The predicted molar refractivity (Wildman–Crippen MR) is 82.4 cm³/mol. The Labute approximate surface area is 121 Å². The van der Waals surface area contributed by atoms with Gasteiger partial charge in [-0.25, -0.2) is 0 Å². The van der Waals surface area contributed by atoms with Gasteiger partial charge in [0.25, 0.3) is 5.91 Å². The van der Waals surface area contributed by atoms with Crippen LogP contribution < -0.4 is 5.32 Å². The Morgan fingerprint density at radius 2 is 2.00 bits per heavy atom. The van der Waals surface area contributed by atoms with Gasteiger partial charge in [0.05, 0.1) is 0 Å². The Bertz CT molecular complexity index is 792. The van der Waals surface area contributed by atoms with E-state index in [1.807, 2.05) is 43.5 Å². The SMILES string of the molecule is Cc1ccc(NC(=O)c2ccc3cc[nH]c3c2)cc1Cl. The van der Waals surface area contributed by atoms with E-state index in [-0.39, 0.29) is 5.91 Å². The third-order valence-electron chi connectivity index (χ3n) is 3.25. The number of hydrogen-bond donors (Lipinski definition) is 2. The molecular formula is C16H13ClN2O. The fourth-order valence-corrected chi connectivity index (χ4v) is 2.24. The van der Waals surface area contributed by atoms with E-state index in [0.717, 1.165) is 16.5 Å². The summed E-state index contributed by atoms with van der Waals surface area (Å²) in [5, 5.41) is 4.57. The number of aromatic amines is 1. The molecule has 100 valence electrons. The highest BCUT2D eigenvalue weighted by molar-refractivity contribution is 6.31. The van der Waals surface area contributed by atoms with Crippen molar-refractivity contribution in [3.05, 3.63) is 64.8 Å². The minimum atomic E-state index is -0.151. The maximum atomic E-state index is 12.2.